The van der Waals surface area contributed by atoms with Crippen LogP contribution in [0.3, 0.4) is 0 Å². The minimum atomic E-state index is -0.471. The fourth-order valence-electron chi connectivity index (χ4n) is 6.55. The van der Waals surface area contributed by atoms with Crippen molar-refractivity contribution in [1.82, 2.24) is 5.32 Å². The van der Waals surface area contributed by atoms with Crippen LogP contribution in [0.5, 0.6) is 0 Å². The molecule has 3 nitrogen and oxygen atoms in total. The van der Waals surface area contributed by atoms with E-state index < -0.39 is 5.41 Å². The summed E-state index contributed by atoms with van der Waals surface area (Å²) in [6, 6.07) is 14.1. The van der Waals surface area contributed by atoms with Gasteiger partial charge < -0.3 is 10.4 Å². The summed E-state index contributed by atoms with van der Waals surface area (Å²) in [5.41, 5.74) is 4.22. The van der Waals surface area contributed by atoms with E-state index in [4.69, 9.17) is 23.2 Å². The molecule has 0 aromatic heterocycles. The number of rotatable bonds is 5. The van der Waals surface area contributed by atoms with Crippen molar-refractivity contribution in [1.29, 1.82) is 0 Å². The summed E-state index contributed by atoms with van der Waals surface area (Å²) in [7, 11) is 0. The van der Waals surface area contributed by atoms with Crippen LogP contribution in [0.25, 0.3) is 5.57 Å². The number of aliphatic hydroxyl groups excluding tert-OH is 1. The molecule has 2 N–H and O–H groups in total. The lowest BCUT2D eigenvalue weighted by Crippen LogP contribution is -2.45. The molecule has 2 aliphatic carbocycles. The number of hydrogen-bond acceptors (Lipinski definition) is 2. The molecule has 5 heteroatoms. The van der Waals surface area contributed by atoms with Gasteiger partial charge in [-0.2, -0.15) is 0 Å². The molecular formula is C28H29Cl2NO2. The van der Waals surface area contributed by atoms with Crippen LogP contribution >= 0.6 is 23.2 Å². The van der Waals surface area contributed by atoms with Gasteiger partial charge in [0, 0.05) is 16.0 Å². The summed E-state index contributed by atoms with van der Waals surface area (Å²) in [6.07, 6.45) is 9.71. The molecule has 2 aromatic rings. The van der Waals surface area contributed by atoms with E-state index in [2.05, 4.69) is 60.8 Å². The Bertz CT molecular complexity index is 1120. The zero-order valence-electron chi connectivity index (χ0n) is 18.7. The van der Waals surface area contributed by atoms with Crippen LogP contribution in [0.2, 0.25) is 10.0 Å². The first-order valence-corrected chi connectivity index (χ1v) is 12.6. The van der Waals surface area contributed by atoms with Gasteiger partial charge in [-0.1, -0.05) is 72.6 Å². The summed E-state index contributed by atoms with van der Waals surface area (Å²) in [5.74, 6) is 0.253. The van der Waals surface area contributed by atoms with Gasteiger partial charge in [0.2, 0.25) is 5.91 Å². The minimum absolute atomic E-state index is 0.0163. The third-order valence-corrected chi connectivity index (χ3v) is 8.77. The number of fused-ring (bicyclic) bond motifs is 1. The van der Waals surface area contributed by atoms with Crippen LogP contribution in [0.4, 0.5) is 0 Å². The number of nitrogens with one attached hydrogen (secondary N) is 1. The lowest BCUT2D eigenvalue weighted by atomic mass is 9.54. The zero-order chi connectivity index (χ0) is 23.2. The molecule has 0 radical (unpaired) electrons. The predicted octanol–water partition coefficient (Wildman–Crippen LogP) is 6.50. The Hall–Kier alpha value is -2.07. The van der Waals surface area contributed by atoms with E-state index in [1.54, 1.807) is 0 Å². The van der Waals surface area contributed by atoms with Gasteiger partial charge in [0.1, 0.15) is 0 Å². The number of halogens is 2. The van der Waals surface area contributed by atoms with Crippen molar-refractivity contribution in [3.63, 3.8) is 0 Å². The molecule has 1 aliphatic heterocycles. The van der Waals surface area contributed by atoms with Crippen molar-refractivity contribution in [2.24, 2.45) is 11.3 Å². The zero-order valence-corrected chi connectivity index (χ0v) is 20.2. The Morgan fingerprint density at radius 3 is 2.58 bits per heavy atom. The van der Waals surface area contributed by atoms with E-state index >= 15 is 0 Å². The fraction of sp³-hybridized carbons (Fsp3) is 0.393. The first-order valence-electron chi connectivity index (χ1n) is 11.8. The number of carbonyl (C=O) groups is 1. The summed E-state index contributed by atoms with van der Waals surface area (Å²) in [4.78, 5) is 13.2. The normalized spacial score (nSPS) is 30.8. The average Bonchev–Trinajstić information content (AvgIpc) is 3.46. The van der Waals surface area contributed by atoms with Gasteiger partial charge >= 0.3 is 0 Å². The van der Waals surface area contributed by atoms with Crippen LogP contribution in [0.1, 0.15) is 61.1 Å². The number of allylic oxidation sites excluding steroid dienone is 4. The first-order chi connectivity index (χ1) is 16.0. The van der Waals surface area contributed by atoms with Crippen LogP contribution < -0.4 is 5.32 Å². The van der Waals surface area contributed by atoms with Crippen molar-refractivity contribution in [2.75, 3.05) is 6.61 Å². The van der Waals surface area contributed by atoms with Gasteiger partial charge in [0.05, 0.1) is 18.1 Å². The second kappa shape index (κ2) is 8.94. The van der Waals surface area contributed by atoms with Gasteiger partial charge in [-0.05, 0) is 78.0 Å². The monoisotopic (exact) mass is 481 g/mol. The molecule has 3 aliphatic rings. The Morgan fingerprint density at radius 2 is 1.94 bits per heavy atom. The number of benzene rings is 2. The molecular weight excluding hydrogens is 453 g/mol. The number of carbonyl (C=O) groups excluding carboxylic acids is 1. The standard InChI is InChI=1S/C28H29Cl2NO2/c1-2-28-14-13-22(21-12-9-19(15-23(21)30)17-5-3-4-6-17)25(18-7-10-20(29)11-8-18)26(28)24(16-32)31-27(28)33/h3-5,7-12,15,22,24-26,32H,2,6,13-14,16H2,1H3,(H,31,33)/t22-,24+,25?,26-,28+/m0/s1. The maximum Gasteiger partial charge on any atom is 0.226 e. The average molecular weight is 482 g/mol. The highest BCUT2D eigenvalue weighted by molar-refractivity contribution is 6.31. The van der Waals surface area contributed by atoms with E-state index in [9.17, 15) is 9.90 Å². The number of amides is 1. The summed E-state index contributed by atoms with van der Waals surface area (Å²) >= 11 is 13.1. The van der Waals surface area contributed by atoms with E-state index in [0.29, 0.717) is 5.02 Å². The smallest absolute Gasteiger partial charge is 0.226 e. The Balaban J connectivity index is 1.61. The predicted molar refractivity (Wildman–Crippen MR) is 135 cm³/mol. The third kappa shape index (κ3) is 3.75. The molecule has 1 saturated heterocycles. The molecule has 1 unspecified atom stereocenters. The van der Waals surface area contributed by atoms with Crippen molar-refractivity contribution >= 4 is 34.7 Å². The molecule has 0 bridgehead atoms. The lowest BCUT2D eigenvalue weighted by molar-refractivity contribution is -0.131. The molecule has 172 valence electrons. The van der Waals surface area contributed by atoms with Crippen molar-refractivity contribution in [2.45, 2.75) is 50.5 Å². The molecule has 5 atom stereocenters. The summed E-state index contributed by atoms with van der Waals surface area (Å²) < 4.78 is 0. The molecule has 1 saturated carbocycles. The Morgan fingerprint density at radius 1 is 1.15 bits per heavy atom. The van der Waals surface area contributed by atoms with Gasteiger partial charge in [0.15, 0.2) is 0 Å². The molecule has 0 spiro atoms. The maximum absolute atomic E-state index is 13.2. The maximum atomic E-state index is 13.2. The minimum Gasteiger partial charge on any atom is -0.394 e. The highest BCUT2D eigenvalue weighted by Crippen LogP contribution is 2.60. The van der Waals surface area contributed by atoms with E-state index in [1.165, 1.54) is 5.57 Å². The molecule has 5 rings (SSSR count). The van der Waals surface area contributed by atoms with Gasteiger partial charge in [0.25, 0.3) is 0 Å². The number of aliphatic hydroxyl groups is 1. The van der Waals surface area contributed by atoms with Crippen molar-refractivity contribution in [3.05, 3.63) is 87.4 Å². The number of hydrogen-bond donors (Lipinski definition) is 2. The van der Waals surface area contributed by atoms with Crippen LogP contribution in [0, 0.1) is 11.3 Å². The quantitative estimate of drug-likeness (QED) is 0.511. The van der Waals surface area contributed by atoms with Crippen molar-refractivity contribution in [3.8, 4) is 0 Å². The van der Waals surface area contributed by atoms with Gasteiger partial charge in [-0.3, -0.25) is 4.79 Å². The lowest BCUT2D eigenvalue weighted by Gasteiger charge is -2.48. The van der Waals surface area contributed by atoms with Crippen molar-refractivity contribution < 1.29 is 9.90 Å². The van der Waals surface area contributed by atoms with Crippen LogP contribution in [0.15, 0.2) is 60.7 Å². The van der Waals surface area contributed by atoms with E-state index in [1.807, 2.05) is 12.1 Å². The van der Waals surface area contributed by atoms with E-state index in [-0.39, 0.29) is 36.3 Å². The third-order valence-electron chi connectivity index (χ3n) is 8.19. The molecule has 2 aromatic carbocycles. The van der Waals surface area contributed by atoms with E-state index in [0.717, 1.165) is 47.4 Å². The molecule has 1 heterocycles. The fourth-order valence-corrected chi connectivity index (χ4v) is 7.00. The Labute approximate surface area is 205 Å². The summed E-state index contributed by atoms with van der Waals surface area (Å²) in [5, 5.41) is 14.8. The highest BCUT2D eigenvalue weighted by atomic mass is 35.5. The van der Waals surface area contributed by atoms with Crippen LogP contribution in [-0.2, 0) is 4.79 Å². The van der Waals surface area contributed by atoms with Gasteiger partial charge in [-0.25, -0.2) is 0 Å². The summed E-state index contributed by atoms with van der Waals surface area (Å²) in [6.45, 7) is 2.03. The van der Waals surface area contributed by atoms with Crippen LogP contribution in [-0.4, -0.2) is 23.7 Å². The second-order valence-electron chi connectivity index (χ2n) is 9.58. The topological polar surface area (TPSA) is 49.3 Å². The molecule has 2 fully saturated rings. The Kier molecular flexibility index (Phi) is 6.15. The highest BCUT2D eigenvalue weighted by Gasteiger charge is 2.60. The molecule has 33 heavy (non-hydrogen) atoms. The SMILES string of the molecule is CC[C@@]12CC[C@@H](c3ccc(C4=CC=CC4)cc3Cl)C(c3ccc(Cl)cc3)[C@@H]1[C@@H](CO)NC2=O. The van der Waals surface area contributed by atoms with Gasteiger partial charge in [-0.15, -0.1) is 0 Å². The molecule has 1 amide bonds. The largest absolute Gasteiger partial charge is 0.394 e. The second-order valence-corrected chi connectivity index (χ2v) is 10.4. The first kappa shape index (κ1) is 22.7.